The Balaban J connectivity index is 2.93. The van der Waals surface area contributed by atoms with E-state index in [1.807, 2.05) is 0 Å². The van der Waals surface area contributed by atoms with Crippen LogP contribution in [-0.4, -0.2) is 33.2 Å². The van der Waals surface area contributed by atoms with Crippen molar-refractivity contribution >= 4 is 11.5 Å². The van der Waals surface area contributed by atoms with Crippen LogP contribution >= 0.6 is 0 Å². The summed E-state index contributed by atoms with van der Waals surface area (Å²) in [5.41, 5.74) is 1.66. The number of aromatic nitrogens is 2. The highest BCUT2D eigenvalue weighted by atomic mass is 16.6. The molecular formula is C7H11N5O4. The summed E-state index contributed by atoms with van der Waals surface area (Å²) in [6, 6.07) is 0. The Bertz CT molecular complexity index is 372. The van der Waals surface area contributed by atoms with Gasteiger partial charge in [-0.25, -0.2) is 10.8 Å². The van der Waals surface area contributed by atoms with Gasteiger partial charge in [0.15, 0.2) is 0 Å². The third kappa shape index (κ3) is 2.74. The van der Waals surface area contributed by atoms with Crippen molar-refractivity contribution in [2.75, 3.05) is 18.6 Å². The molecule has 0 saturated carbocycles. The molecule has 0 aliphatic rings. The predicted octanol–water partition coefficient (Wildman–Crippen LogP) is -0.568. The van der Waals surface area contributed by atoms with E-state index in [0.29, 0.717) is 6.42 Å². The monoisotopic (exact) mass is 229 g/mol. The summed E-state index contributed by atoms with van der Waals surface area (Å²) >= 11 is 0. The van der Waals surface area contributed by atoms with Crippen molar-refractivity contribution < 1.29 is 14.8 Å². The Hall–Kier alpha value is -2.00. The lowest BCUT2D eigenvalue weighted by Gasteiger charge is -2.06. The molecule has 9 nitrogen and oxygen atoms in total. The fraction of sp³-hybridized carbons (Fsp3) is 0.429. The third-order valence-corrected chi connectivity index (χ3v) is 1.65. The molecule has 0 bridgehead atoms. The Labute approximate surface area is 90.4 Å². The van der Waals surface area contributed by atoms with Crippen LogP contribution in [0, 0.1) is 10.1 Å². The summed E-state index contributed by atoms with van der Waals surface area (Å²) in [5, 5.41) is 19.3. The lowest BCUT2D eigenvalue weighted by molar-refractivity contribution is -0.385. The van der Waals surface area contributed by atoms with Gasteiger partial charge in [0.2, 0.25) is 5.82 Å². The molecule has 0 radical (unpaired) electrons. The maximum atomic E-state index is 10.7. The molecule has 88 valence electrons. The van der Waals surface area contributed by atoms with Gasteiger partial charge in [0.05, 0.1) is 11.5 Å². The molecule has 0 aromatic carbocycles. The molecule has 4 N–H and O–H groups in total. The number of rotatable bonds is 6. The molecule has 0 aliphatic carbocycles. The van der Waals surface area contributed by atoms with Gasteiger partial charge in [0.1, 0.15) is 6.33 Å². The first-order valence-corrected chi connectivity index (χ1v) is 4.40. The van der Waals surface area contributed by atoms with Gasteiger partial charge in [-0.1, -0.05) is 0 Å². The summed E-state index contributed by atoms with van der Waals surface area (Å²) in [6.45, 7) is 0.0548. The second-order valence-electron chi connectivity index (χ2n) is 2.70. The molecule has 1 aromatic heterocycles. The van der Waals surface area contributed by atoms with E-state index in [9.17, 15) is 10.1 Å². The van der Waals surface area contributed by atoms with Crippen molar-refractivity contribution in [3.05, 3.63) is 16.4 Å². The number of aliphatic hydroxyl groups excluding tert-OH is 1. The van der Waals surface area contributed by atoms with Crippen molar-refractivity contribution in [1.82, 2.24) is 9.97 Å². The maximum absolute atomic E-state index is 10.7. The number of nitrogens with two attached hydrogens (primary N) is 1. The number of nitrogens with one attached hydrogen (secondary N) is 1. The number of hydrazine groups is 1. The van der Waals surface area contributed by atoms with Crippen molar-refractivity contribution in [2.45, 2.75) is 6.42 Å². The molecule has 0 unspecified atom stereocenters. The van der Waals surface area contributed by atoms with Crippen LogP contribution in [0.3, 0.4) is 0 Å². The molecule has 16 heavy (non-hydrogen) atoms. The maximum Gasteiger partial charge on any atom is 0.374 e. The van der Waals surface area contributed by atoms with Crippen LogP contribution in [0.2, 0.25) is 0 Å². The fourth-order valence-electron chi connectivity index (χ4n) is 0.972. The fourth-order valence-corrected chi connectivity index (χ4v) is 0.972. The summed E-state index contributed by atoms with van der Waals surface area (Å²) in [4.78, 5) is 17.3. The smallest absolute Gasteiger partial charge is 0.374 e. The number of anilines is 1. The SMILES string of the molecule is NNc1ncnc(OCCCO)c1[N+](=O)[O-]. The summed E-state index contributed by atoms with van der Waals surface area (Å²) in [7, 11) is 0. The van der Waals surface area contributed by atoms with Crippen LogP contribution in [0.25, 0.3) is 0 Å². The summed E-state index contributed by atoms with van der Waals surface area (Å²) in [5.74, 6) is 4.77. The normalized spacial score (nSPS) is 9.88. The first-order valence-electron chi connectivity index (χ1n) is 4.40. The zero-order valence-electron chi connectivity index (χ0n) is 8.29. The van der Waals surface area contributed by atoms with Crippen LogP contribution in [0.4, 0.5) is 11.5 Å². The van der Waals surface area contributed by atoms with Crippen LogP contribution < -0.4 is 16.0 Å². The summed E-state index contributed by atoms with van der Waals surface area (Å²) in [6.07, 6.45) is 1.45. The number of hydrogen-bond acceptors (Lipinski definition) is 8. The van der Waals surface area contributed by atoms with Gasteiger partial charge in [-0.05, 0) is 0 Å². The molecule has 0 aliphatic heterocycles. The minimum absolute atomic E-state index is 0.0686. The van der Waals surface area contributed by atoms with Crippen LogP contribution in [0.5, 0.6) is 5.88 Å². The second kappa shape index (κ2) is 5.78. The molecular weight excluding hydrogens is 218 g/mol. The van der Waals surface area contributed by atoms with E-state index < -0.39 is 10.6 Å². The molecule has 0 fully saturated rings. The minimum atomic E-state index is -0.691. The molecule has 0 atom stereocenters. The average molecular weight is 229 g/mol. The molecule has 0 spiro atoms. The molecule has 9 heteroatoms. The van der Waals surface area contributed by atoms with Gasteiger partial charge in [0, 0.05) is 13.0 Å². The van der Waals surface area contributed by atoms with Gasteiger partial charge in [-0.3, -0.25) is 10.1 Å². The van der Waals surface area contributed by atoms with Gasteiger partial charge in [-0.2, -0.15) is 4.98 Å². The first-order chi connectivity index (χ1) is 7.70. The third-order valence-electron chi connectivity index (χ3n) is 1.65. The van der Waals surface area contributed by atoms with Gasteiger partial charge in [0.25, 0.3) is 5.88 Å². The van der Waals surface area contributed by atoms with Crippen molar-refractivity contribution in [3.63, 3.8) is 0 Å². The van der Waals surface area contributed by atoms with Crippen LogP contribution in [-0.2, 0) is 0 Å². The van der Waals surface area contributed by atoms with Gasteiger partial charge in [-0.15, -0.1) is 0 Å². The highest BCUT2D eigenvalue weighted by molar-refractivity contribution is 5.60. The standard InChI is InChI=1S/C7H11N5O4/c8-11-6-5(12(14)15)7(10-4-9-6)16-3-1-2-13/h4,13H,1-3,8H2,(H,9,10,11). The van der Waals surface area contributed by atoms with E-state index in [1.54, 1.807) is 0 Å². The second-order valence-corrected chi connectivity index (χ2v) is 2.70. The van der Waals surface area contributed by atoms with Crippen LogP contribution in [0.1, 0.15) is 6.42 Å². The Morgan fingerprint density at radius 3 is 2.94 bits per heavy atom. The number of hydrogen-bond donors (Lipinski definition) is 3. The number of nitrogens with zero attached hydrogens (tertiary/aromatic N) is 3. The summed E-state index contributed by atoms with van der Waals surface area (Å²) < 4.78 is 5.03. The van der Waals surface area contributed by atoms with Gasteiger partial charge < -0.3 is 15.3 Å². The number of nitro groups is 1. The lowest BCUT2D eigenvalue weighted by Crippen LogP contribution is -2.13. The molecule has 1 aromatic rings. The number of aliphatic hydroxyl groups is 1. The quantitative estimate of drug-likeness (QED) is 0.255. The minimum Gasteiger partial charge on any atom is -0.473 e. The topological polar surface area (TPSA) is 136 Å². The lowest BCUT2D eigenvalue weighted by atomic mass is 10.4. The number of ether oxygens (including phenoxy) is 1. The van der Waals surface area contributed by atoms with Crippen molar-refractivity contribution in [3.8, 4) is 5.88 Å². The zero-order chi connectivity index (χ0) is 12.0. The van der Waals surface area contributed by atoms with E-state index in [0.717, 1.165) is 6.33 Å². The predicted molar refractivity (Wildman–Crippen MR) is 53.7 cm³/mol. The van der Waals surface area contributed by atoms with Crippen molar-refractivity contribution in [2.24, 2.45) is 5.84 Å². The average Bonchev–Trinajstić information content (AvgIpc) is 2.28. The Kier molecular flexibility index (Phi) is 4.36. The van der Waals surface area contributed by atoms with E-state index in [2.05, 4.69) is 15.4 Å². The van der Waals surface area contributed by atoms with Crippen LogP contribution in [0.15, 0.2) is 6.33 Å². The van der Waals surface area contributed by atoms with E-state index >= 15 is 0 Å². The molecule has 1 rings (SSSR count). The van der Waals surface area contributed by atoms with Crippen molar-refractivity contribution in [1.29, 1.82) is 0 Å². The molecule has 1 heterocycles. The molecule has 0 amide bonds. The highest BCUT2D eigenvalue weighted by Crippen LogP contribution is 2.29. The Morgan fingerprint density at radius 1 is 1.62 bits per heavy atom. The zero-order valence-corrected chi connectivity index (χ0v) is 8.29. The first kappa shape index (κ1) is 12.1. The Morgan fingerprint density at radius 2 is 2.38 bits per heavy atom. The van der Waals surface area contributed by atoms with E-state index in [-0.39, 0.29) is 24.9 Å². The molecule has 0 saturated heterocycles. The number of nitrogen functional groups attached to an aromatic ring is 1. The van der Waals surface area contributed by atoms with Gasteiger partial charge >= 0.3 is 5.69 Å². The largest absolute Gasteiger partial charge is 0.473 e. The van der Waals surface area contributed by atoms with E-state index in [4.69, 9.17) is 15.7 Å². The van der Waals surface area contributed by atoms with E-state index in [1.165, 1.54) is 0 Å². The highest BCUT2D eigenvalue weighted by Gasteiger charge is 2.23.